The fourth-order valence-corrected chi connectivity index (χ4v) is 4.93. The van der Waals surface area contributed by atoms with Crippen molar-refractivity contribution in [1.29, 1.82) is 10.5 Å². The van der Waals surface area contributed by atoms with Crippen molar-refractivity contribution in [3.05, 3.63) is 138 Å². The molecule has 1 aromatic carbocycles. The first-order valence-corrected chi connectivity index (χ1v) is 10.9. The Balaban J connectivity index is 1.92. The molecule has 2 aliphatic rings. The van der Waals surface area contributed by atoms with Crippen molar-refractivity contribution in [2.24, 2.45) is 0 Å². The Kier molecular flexibility index (Phi) is 5.80. The van der Waals surface area contributed by atoms with Crippen molar-refractivity contribution in [2.75, 3.05) is 0 Å². The van der Waals surface area contributed by atoms with E-state index in [0.29, 0.717) is 21.6 Å². The van der Waals surface area contributed by atoms with E-state index in [1.807, 2.05) is 12.1 Å². The van der Waals surface area contributed by atoms with Crippen LogP contribution in [-0.4, -0.2) is 9.97 Å². The molecule has 0 N–H and O–H groups in total. The van der Waals surface area contributed by atoms with Crippen molar-refractivity contribution in [2.45, 2.75) is 12.8 Å². The van der Waals surface area contributed by atoms with Gasteiger partial charge in [-0.05, 0) is 68.0 Å². The maximum Gasteiger partial charge on any atom is 0.523 e. The number of hydrogen-bond donors (Lipinski definition) is 0. The van der Waals surface area contributed by atoms with E-state index < -0.39 is 23.8 Å². The summed E-state index contributed by atoms with van der Waals surface area (Å²) in [5, 5.41) is 20.1. The zero-order valence-electron chi connectivity index (χ0n) is 19.1. The molecule has 3 aromatic rings. The summed E-state index contributed by atoms with van der Waals surface area (Å²) in [6.45, 7) is 14.9. The lowest BCUT2D eigenvalue weighted by molar-refractivity contribution is 0.511. The molecule has 0 bridgehead atoms. The number of pyridine rings is 2. The van der Waals surface area contributed by atoms with Crippen LogP contribution in [0.2, 0.25) is 0 Å². The maximum atomic E-state index is 14.1. The fraction of sp³-hybridized carbons (Fsp3) is 0.0714. The van der Waals surface area contributed by atoms with Gasteiger partial charge in [-0.15, -0.1) is 0 Å². The summed E-state index contributed by atoms with van der Waals surface area (Å²) in [5.74, 6) is -4.60. The largest absolute Gasteiger partial charge is 0.523 e. The number of rotatable bonds is 2. The zero-order chi connectivity index (χ0) is 27.1. The van der Waals surface area contributed by atoms with Gasteiger partial charge in [0, 0.05) is 30.7 Å². The Morgan fingerprint density at radius 3 is 1.47 bits per heavy atom. The van der Waals surface area contributed by atoms with Crippen LogP contribution in [0.25, 0.3) is 20.8 Å². The Labute approximate surface area is 212 Å². The molecule has 2 aliphatic carbocycles. The van der Waals surface area contributed by atoms with Gasteiger partial charge in [0.05, 0.1) is 5.57 Å². The molecule has 0 radical (unpaired) electrons. The third-order valence-electron chi connectivity index (χ3n) is 6.32. The normalized spacial score (nSPS) is 13.3. The molecule has 0 unspecified atom stereocenters. The van der Waals surface area contributed by atoms with E-state index in [1.165, 1.54) is 0 Å². The molecular formula is C28H10F4N6. The molecule has 0 aliphatic heterocycles. The highest BCUT2D eigenvalue weighted by Gasteiger charge is 2.31. The predicted molar refractivity (Wildman–Crippen MR) is 125 cm³/mol. The lowest BCUT2D eigenvalue weighted by Gasteiger charge is -2.07. The highest BCUT2D eigenvalue weighted by atomic mass is 19.1. The fourth-order valence-electron chi connectivity index (χ4n) is 4.93. The number of aromatic nitrogens is 2. The summed E-state index contributed by atoms with van der Waals surface area (Å²) in [7, 11) is 0. The van der Waals surface area contributed by atoms with Gasteiger partial charge in [-0.25, -0.2) is 0 Å². The smallest absolute Gasteiger partial charge is 0.192 e. The molecule has 0 amide bonds. The van der Waals surface area contributed by atoms with Gasteiger partial charge in [-0.3, -0.25) is 0 Å². The Hall–Kier alpha value is -5.58. The Morgan fingerprint density at radius 2 is 1.08 bits per heavy atom. The zero-order valence-corrected chi connectivity index (χ0v) is 19.1. The summed E-state index contributed by atoms with van der Waals surface area (Å²) < 4.78 is 56.2. The first-order valence-electron chi connectivity index (χ1n) is 10.9. The highest BCUT2D eigenvalue weighted by molar-refractivity contribution is 5.88. The monoisotopic (exact) mass is 506 g/mol. The van der Waals surface area contributed by atoms with E-state index in [9.17, 15) is 28.1 Å². The molecule has 0 spiro atoms. The number of nitriles is 2. The molecule has 180 valence electrons. The molecule has 6 nitrogen and oxygen atoms in total. The van der Waals surface area contributed by atoms with Gasteiger partial charge in [0.2, 0.25) is 23.8 Å². The van der Waals surface area contributed by atoms with Crippen molar-refractivity contribution in [1.82, 2.24) is 9.97 Å². The molecule has 2 heterocycles. The summed E-state index contributed by atoms with van der Waals surface area (Å²) >= 11 is 0. The molecule has 0 fully saturated rings. The second-order valence-electron chi connectivity index (χ2n) is 8.38. The van der Waals surface area contributed by atoms with E-state index in [-0.39, 0.29) is 57.7 Å². The minimum absolute atomic E-state index is 0.0594. The van der Waals surface area contributed by atoms with Crippen LogP contribution in [0.4, 0.5) is 17.6 Å². The van der Waals surface area contributed by atoms with Crippen molar-refractivity contribution >= 4 is 11.1 Å². The second kappa shape index (κ2) is 9.13. The quantitative estimate of drug-likeness (QED) is 0.228. The number of halogens is 4. The van der Waals surface area contributed by atoms with Crippen LogP contribution in [0, 0.1) is 59.6 Å². The Morgan fingerprint density at radius 1 is 0.684 bits per heavy atom. The van der Waals surface area contributed by atoms with Crippen LogP contribution in [0.1, 0.15) is 22.3 Å². The van der Waals surface area contributed by atoms with Crippen LogP contribution in [-0.2, 0) is 12.8 Å². The number of fused-ring (bicyclic) bond motifs is 2. The van der Waals surface area contributed by atoms with Gasteiger partial charge >= 0.3 is 5.82 Å². The molecular weight excluding hydrogens is 496 g/mol. The number of hydrogen-bond acceptors (Lipinski definition) is 4. The van der Waals surface area contributed by atoms with E-state index in [0.717, 1.165) is 24.3 Å². The van der Waals surface area contributed by atoms with E-state index in [1.54, 1.807) is 12.1 Å². The van der Waals surface area contributed by atoms with Crippen LogP contribution >= 0.6 is 0 Å². The van der Waals surface area contributed by atoms with Crippen molar-refractivity contribution in [3.63, 3.8) is 0 Å². The third kappa shape index (κ3) is 3.88. The molecule has 10 heteroatoms. The van der Waals surface area contributed by atoms with Gasteiger partial charge in [-0.1, -0.05) is 0 Å². The topological polar surface area (TPSA) is 82.1 Å². The average Bonchev–Trinajstić information content (AvgIpc) is 3.40. The van der Waals surface area contributed by atoms with Crippen LogP contribution in [0.15, 0.2) is 58.9 Å². The summed E-state index contributed by atoms with van der Waals surface area (Å²) in [5.41, 5.74) is 2.18. The molecule has 38 heavy (non-hydrogen) atoms. The number of benzene rings is 1. The van der Waals surface area contributed by atoms with Crippen LogP contribution in [0.3, 0.4) is 0 Å². The minimum Gasteiger partial charge on any atom is -0.192 e. The van der Waals surface area contributed by atoms with Gasteiger partial charge in [0.1, 0.15) is 30.9 Å². The van der Waals surface area contributed by atoms with Gasteiger partial charge in [0.15, 0.2) is 0 Å². The lowest BCUT2D eigenvalue weighted by Crippen LogP contribution is -2.17. The van der Waals surface area contributed by atoms with Gasteiger partial charge in [0.25, 0.3) is 0 Å². The Bertz CT molecular complexity index is 1740. The second-order valence-corrected chi connectivity index (χ2v) is 8.38. The van der Waals surface area contributed by atoms with Crippen LogP contribution in [0.5, 0.6) is 0 Å². The summed E-state index contributed by atoms with van der Waals surface area (Å²) in [6, 6.07) is 11.0. The first-order chi connectivity index (χ1) is 18.3. The average molecular weight is 506 g/mol. The van der Waals surface area contributed by atoms with Crippen molar-refractivity contribution in [3.8, 4) is 12.1 Å². The molecule has 0 saturated carbocycles. The van der Waals surface area contributed by atoms with Gasteiger partial charge in [-0.2, -0.15) is 47.7 Å². The lowest BCUT2D eigenvalue weighted by atomic mass is 9.96. The minimum atomic E-state index is -1.08. The van der Waals surface area contributed by atoms with E-state index in [2.05, 4.69) is 19.7 Å². The van der Waals surface area contributed by atoms with E-state index in [4.69, 9.17) is 13.1 Å². The van der Waals surface area contributed by atoms with Crippen molar-refractivity contribution < 1.29 is 17.6 Å². The SMILES string of the molecule is [C-]#[N+]C([N+]#[C-])=C1Cc2cc3c(cc2=C1c1cc(F)nc(F)c1)CC(=C(C#N)C#N)C=3c1cc(F)nc(F)c1. The molecule has 0 atom stereocenters. The summed E-state index contributed by atoms with van der Waals surface area (Å²) in [6.07, 6.45) is 0.127. The molecule has 0 saturated heterocycles. The maximum absolute atomic E-state index is 14.1. The molecule has 2 aromatic heterocycles. The van der Waals surface area contributed by atoms with Crippen LogP contribution < -0.4 is 10.4 Å². The predicted octanol–water partition coefficient (Wildman–Crippen LogP) is 3.94. The van der Waals surface area contributed by atoms with E-state index >= 15 is 0 Å². The first kappa shape index (κ1) is 24.1. The highest BCUT2D eigenvalue weighted by Crippen LogP contribution is 2.35. The summed E-state index contributed by atoms with van der Waals surface area (Å²) in [4.78, 5) is 12.8. The third-order valence-corrected chi connectivity index (χ3v) is 6.32. The molecule has 5 rings (SSSR count). The standard InChI is InChI=1S/C28H10F4N6/c1-35-28(36-2)21-6-14-4-18-13(3-19(14)27(21)16-9-24(31)38-25(32)10-16)5-20(17(11-33)12-34)26(18)15-7-22(29)37-23(30)8-15/h3-4,7-10H,5-6H2. The number of allylic oxidation sites excluding steroid dienone is 3. The van der Waals surface area contributed by atoms with Gasteiger partial charge < -0.3 is 0 Å². The number of nitrogens with zero attached hydrogens (tertiary/aromatic N) is 6.